The Labute approximate surface area is 235 Å². The third-order valence-corrected chi connectivity index (χ3v) is 10.3. The highest BCUT2D eigenvalue weighted by Crippen LogP contribution is 2.38. The molecule has 3 atom stereocenters. The lowest BCUT2D eigenvalue weighted by Gasteiger charge is -2.36. The summed E-state index contributed by atoms with van der Waals surface area (Å²) in [7, 11) is -3.07. The molecule has 2 aliphatic rings. The second-order valence-electron chi connectivity index (χ2n) is 12.1. The van der Waals surface area contributed by atoms with E-state index in [0.717, 1.165) is 10.9 Å². The molecule has 0 unspecified atom stereocenters. The lowest BCUT2D eigenvalue weighted by molar-refractivity contribution is -0.0189. The van der Waals surface area contributed by atoms with E-state index >= 15 is 0 Å². The minimum absolute atomic E-state index is 0.0943. The third-order valence-electron chi connectivity index (χ3n) is 8.01. The quantitative estimate of drug-likeness (QED) is 0.383. The summed E-state index contributed by atoms with van der Waals surface area (Å²) >= 11 is 0. The van der Waals surface area contributed by atoms with Gasteiger partial charge in [-0.2, -0.15) is 0 Å². The van der Waals surface area contributed by atoms with Crippen LogP contribution in [0.2, 0.25) is 0 Å². The predicted octanol–water partition coefficient (Wildman–Crippen LogP) is 4.75. The van der Waals surface area contributed by atoms with Crippen LogP contribution >= 0.6 is 0 Å². The van der Waals surface area contributed by atoms with Crippen LogP contribution in [-0.4, -0.2) is 52.0 Å². The lowest BCUT2D eigenvalue weighted by Crippen LogP contribution is -2.39. The van der Waals surface area contributed by atoms with Crippen molar-refractivity contribution in [3.63, 3.8) is 0 Å². The van der Waals surface area contributed by atoms with Gasteiger partial charge in [0, 0.05) is 30.3 Å². The summed E-state index contributed by atoms with van der Waals surface area (Å²) in [5.74, 6) is 1.24. The van der Waals surface area contributed by atoms with Crippen molar-refractivity contribution in [3.8, 4) is 5.88 Å². The predicted molar refractivity (Wildman–Crippen MR) is 154 cm³/mol. The summed E-state index contributed by atoms with van der Waals surface area (Å²) in [4.78, 5) is 26.4. The first-order valence-electron chi connectivity index (χ1n) is 13.6. The molecule has 2 aliphatic heterocycles. The molecule has 1 fully saturated rings. The molecular weight excluding hydrogens is 530 g/mol. The van der Waals surface area contributed by atoms with Gasteiger partial charge in [0.2, 0.25) is 5.88 Å². The van der Waals surface area contributed by atoms with E-state index in [2.05, 4.69) is 15.3 Å². The Kier molecular flexibility index (Phi) is 7.02. The summed E-state index contributed by atoms with van der Waals surface area (Å²) < 4.78 is 36.4. The second-order valence-corrected chi connectivity index (χ2v) is 14.5. The molecular formula is C29H37N5O5S. The van der Waals surface area contributed by atoms with Gasteiger partial charge in [-0.05, 0) is 76.6 Å². The Morgan fingerprint density at radius 3 is 2.62 bits per heavy atom. The van der Waals surface area contributed by atoms with Crippen LogP contribution in [0.15, 0.2) is 30.6 Å². The molecule has 3 N–H and O–H groups in total. The maximum Gasteiger partial charge on any atom is 0.340 e. The number of ether oxygens (including phenoxy) is 2. The highest BCUT2D eigenvalue weighted by atomic mass is 32.2. The number of pyridine rings is 3. The van der Waals surface area contributed by atoms with Crippen LogP contribution in [0.5, 0.6) is 5.88 Å². The summed E-state index contributed by atoms with van der Waals surface area (Å²) in [5.41, 5.74) is 7.08. The number of fused-ring (bicyclic) bond motifs is 2. The van der Waals surface area contributed by atoms with E-state index in [0.29, 0.717) is 53.4 Å². The van der Waals surface area contributed by atoms with Crippen molar-refractivity contribution in [1.82, 2.24) is 15.0 Å². The van der Waals surface area contributed by atoms with Crippen molar-refractivity contribution in [2.45, 2.75) is 89.2 Å². The number of rotatable bonds is 7. The molecule has 0 radical (unpaired) electrons. The monoisotopic (exact) mass is 567 g/mol. The molecule has 5 rings (SSSR count). The molecule has 214 valence electrons. The van der Waals surface area contributed by atoms with Gasteiger partial charge in [-0.25, -0.2) is 28.2 Å². The first kappa shape index (κ1) is 28.2. The zero-order chi connectivity index (χ0) is 29.0. The van der Waals surface area contributed by atoms with Crippen LogP contribution in [-0.2, 0) is 20.1 Å². The van der Waals surface area contributed by atoms with Crippen LogP contribution in [0.1, 0.15) is 88.3 Å². The minimum atomic E-state index is -3.07. The summed E-state index contributed by atoms with van der Waals surface area (Å²) in [5, 5.41) is 4.37. The van der Waals surface area contributed by atoms with Crippen molar-refractivity contribution in [3.05, 3.63) is 47.4 Å². The van der Waals surface area contributed by atoms with E-state index in [1.807, 2.05) is 47.6 Å². The molecule has 0 amide bonds. The Balaban J connectivity index is 1.46. The van der Waals surface area contributed by atoms with Gasteiger partial charge in [0.1, 0.15) is 17.2 Å². The van der Waals surface area contributed by atoms with Crippen LogP contribution in [0.25, 0.3) is 10.8 Å². The van der Waals surface area contributed by atoms with Crippen molar-refractivity contribution in [2.75, 3.05) is 11.1 Å². The number of carbonyl (C=O) groups excluding carboxylic acids is 1. The zero-order valence-corrected chi connectivity index (χ0v) is 24.6. The van der Waals surface area contributed by atoms with Gasteiger partial charge in [0.25, 0.3) is 0 Å². The van der Waals surface area contributed by atoms with Gasteiger partial charge < -0.3 is 20.5 Å². The molecule has 0 saturated carbocycles. The fourth-order valence-electron chi connectivity index (χ4n) is 5.41. The minimum Gasteiger partial charge on any atom is -0.474 e. The van der Waals surface area contributed by atoms with Gasteiger partial charge in [-0.1, -0.05) is 6.92 Å². The lowest BCUT2D eigenvalue weighted by atomic mass is 9.84. The van der Waals surface area contributed by atoms with Crippen LogP contribution in [0.3, 0.4) is 0 Å². The van der Waals surface area contributed by atoms with Gasteiger partial charge in [-0.15, -0.1) is 0 Å². The van der Waals surface area contributed by atoms with Crippen LogP contribution in [0.4, 0.5) is 11.6 Å². The number of esters is 1. The molecule has 3 aromatic heterocycles. The van der Waals surface area contributed by atoms with Gasteiger partial charge >= 0.3 is 5.97 Å². The molecule has 0 aromatic carbocycles. The molecule has 0 spiro atoms. The number of cyclic esters (lactones) is 1. The molecule has 1 saturated heterocycles. The molecule has 3 aromatic rings. The first-order valence-corrected chi connectivity index (χ1v) is 15.3. The summed E-state index contributed by atoms with van der Waals surface area (Å²) in [6.45, 7) is 11.4. The largest absolute Gasteiger partial charge is 0.474 e. The van der Waals surface area contributed by atoms with E-state index in [9.17, 15) is 13.2 Å². The average Bonchev–Trinajstić information content (AvgIpc) is 3.18. The number of anilines is 2. The standard InChI is InChI=1S/C29H37N5O5S/c1-16(12-18-8-7-11-40(18,36)37)38-26-21-14-31-24(13-20(21)22(15-32-26)28(3,4)30)33-23-10-9-19-25(34-23)17(2)29(5,6)39-27(19)35/h9-10,13-18H,7-8,11-12,30H2,1-6H3,(H,31,33,34)/t16-,17-,18-/m1/s1. The van der Waals surface area contributed by atoms with E-state index in [1.165, 1.54) is 0 Å². The van der Waals surface area contributed by atoms with E-state index in [4.69, 9.17) is 20.2 Å². The number of hydrogen-bond donors (Lipinski definition) is 2. The molecule has 5 heterocycles. The number of hydrogen-bond acceptors (Lipinski definition) is 10. The number of nitrogens with zero attached hydrogens (tertiary/aromatic N) is 3. The number of sulfone groups is 1. The van der Waals surface area contributed by atoms with Crippen LogP contribution in [0, 0.1) is 0 Å². The Bertz CT molecular complexity index is 1580. The van der Waals surface area contributed by atoms with Gasteiger partial charge in [0.15, 0.2) is 9.84 Å². The Morgan fingerprint density at radius 1 is 1.20 bits per heavy atom. The number of aromatic nitrogens is 3. The normalized spacial score (nSPS) is 22.4. The molecule has 11 heteroatoms. The summed E-state index contributed by atoms with van der Waals surface area (Å²) in [6.07, 6.45) is 4.80. The number of carbonyl (C=O) groups is 1. The molecule has 0 aliphatic carbocycles. The molecule has 10 nitrogen and oxygen atoms in total. The third kappa shape index (κ3) is 5.36. The van der Waals surface area contributed by atoms with E-state index in [-0.39, 0.29) is 29.0 Å². The van der Waals surface area contributed by atoms with Crippen molar-refractivity contribution >= 4 is 38.2 Å². The Hall–Kier alpha value is -3.31. The molecule has 40 heavy (non-hydrogen) atoms. The summed E-state index contributed by atoms with van der Waals surface area (Å²) in [6, 6.07) is 5.32. The van der Waals surface area contributed by atoms with Crippen molar-refractivity contribution in [1.29, 1.82) is 0 Å². The number of nitrogens with two attached hydrogens (primary N) is 1. The highest BCUT2D eigenvalue weighted by molar-refractivity contribution is 7.92. The molecule has 0 bridgehead atoms. The second kappa shape index (κ2) is 9.95. The fourth-order valence-corrected chi connectivity index (χ4v) is 7.40. The van der Waals surface area contributed by atoms with Crippen molar-refractivity contribution < 1.29 is 22.7 Å². The zero-order valence-electron chi connectivity index (χ0n) is 23.8. The average molecular weight is 568 g/mol. The SMILES string of the molecule is C[C@H](C[C@H]1CCCS1(=O)=O)Oc1ncc(C(C)(C)N)c2cc(Nc3ccc4c(n3)[C@@H](C)C(C)(C)OC4=O)ncc12. The highest BCUT2D eigenvalue weighted by Gasteiger charge is 2.40. The van der Waals surface area contributed by atoms with Crippen molar-refractivity contribution in [2.24, 2.45) is 5.73 Å². The van der Waals surface area contributed by atoms with Gasteiger partial charge in [0.05, 0.1) is 33.8 Å². The van der Waals surface area contributed by atoms with Crippen LogP contribution < -0.4 is 15.8 Å². The first-order chi connectivity index (χ1) is 18.7. The Morgan fingerprint density at radius 2 is 1.95 bits per heavy atom. The maximum atomic E-state index is 12.5. The van der Waals surface area contributed by atoms with E-state index < -0.39 is 21.0 Å². The smallest absolute Gasteiger partial charge is 0.340 e. The van der Waals surface area contributed by atoms with E-state index in [1.54, 1.807) is 24.5 Å². The van der Waals surface area contributed by atoms with Gasteiger partial charge in [-0.3, -0.25) is 0 Å². The fraction of sp³-hybridized carbons (Fsp3) is 0.517. The topological polar surface area (TPSA) is 146 Å². The number of nitrogens with one attached hydrogen (secondary N) is 1. The maximum absolute atomic E-state index is 12.5.